The molecule has 0 aliphatic heterocycles. The van der Waals surface area contributed by atoms with Gasteiger partial charge in [-0.05, 0) is 360 Å². The van der Waals surface area contributed by atoms with Gasteiger partial charge in [-0.25, -0.2) is 0 Å². The first-order valence-electron chi connectivity index (χ1n) is 44.6. The Labute approximate surface area is 750 Å². The number of hydrogen-bond acceptors (Lipinski definition) is 17. The molecular formula is C110H123N5O12. The molecule has 17 rings (SSSR count). The Morgan fingerprint density at radius 3 is 0.858 bits per heavy atom. The van der Waals surface area contributed by atoms with Crippen LogP contribution in [0.4, 0.5) is 28.4 Å². The predicted octanol–water partition coefficient (Wildman–Crippen LogP) is 24.7. The average Bonchev–Trinajstić information content (AvgIpc) is 1.64. The summed E-state index contributed by atoms with van der Waals surface area (Å²) in [6.45, 7) is 16.1. The third kappa shape index (κ3) is 24.9. The van der Waals surface area contributed by atoms with E-state index in [1.165, 1.54) is 83.7 Å². The Morgan fingerprint density at radius 2 is 0.528 bits per heavy atom. The summed E-state index contributed by atoms with van der Waals surface area (Å²) in [6.07, 6.45) is 17.3. The van der Waals surface area contributed by atoms with Crippen molar-refractivity contribution < 1.29 is 57.2 Å². The highest BCUT2D eigenvalue weighted by Gasteiger charge is 2.24. The van der Waals surface area contributed by atoms with Crippen LogP contribution in [0.15, 0.2) is 237 Å². The Hall–Kier alpha value is -12.3. The number of fused-ring (bicyclic) bond motifs is 7. The van der Waals surface area contributed by atoms with E-state index >= 15 is 0 Å². The van der Waals surface area contributed by atoms with Gasteiger partial charge in [0.05, 0.1) is 83.3 Å². The number of rotatable bonds is 24. The van der Waals surface area contributed by atoms with Gasteiger partial charge >= 0.3 is 0 Å². The van der Waals surface area contributed by atoms with Crippen LogP contribution in [0.5, 0.6) is 46.0 Å². The van der Waals surface area contributed by atoms with Crippen LogP contribution >= 0.6 is 0 Å². The van der Waals surface area contributed by atoms with E-state index in [0.717, 1.165) is 233 Å². The number of aliphatic hydroxyl groups excluding tert-OH is 1. The van der Waals surface area contributed by atoms with E-state index in [2.05, 4.69) is 210 Å². The van der Waals surface area contributed by atoms with Crippen molar-refractivity contribution in [2.24, 2.45) is 25.0 Å². The van der Waals surface area contributed by atoms with Gasteiger partial charge in [-0.3, -0.25) is 25.0 Å². The zero-order valence-electron chi connectivity index (χ0n) is 76.4. The van der Waals surface area contributed by atoms with E-state index in [4.69, 9.17) is 82.2 Å². The summed E-state index contributed by atoms with van der Waals surface area (Å²) in [5, 5.41) is 13.9. The van der Waals surface area contributed by atoms with E-state index in [-0.39, 0.29) is 6.61 Å². The first-order valence-corrected chi connectivity index (χ1v) is 44.6. The number of ether oxygens (including phenoxy) is 11. The van der Waals surface area contributed by atoms with Crippen LogP contribution in [0.2, 0.25) is 0 Å². The van der Waals surface area contributed by atoms with Crippen molar-refractivity contribution >= 4 is 78.5 Å². The monoisotopic (exact) mass is 1710 g/mol. The van der Waals surface area contributed by atoms with Crippen LogP contribution in [0.3, 0.4) is 0 Å². The second kappa shape index (κ2) is 46.3. The summed E-state index contributed by atoms with van der Waals surface area (Å²) in [5.74, 6) is 7.14. The molecule has 0 bridgehead atoms. The van der Waals surface area contributed by atoms with Gasteiger partial charge in [0.1, 0.15) is 72.4 Å². The SMILES string of the molecule is COCCOc1ccc2c(c1)C(=Nc1cc(C)c(OC)c(C)c1)CCC2.COCCOc1ccc2c(c1)C(=Nc1cc(C)c(OC)c(C)c1)CCCC2.COCCOc1ccc2c(c1)C(=Nc1ccc3ccccc3c1)CCC2.COc1c(C)cc(N=C2CCCc3ccc(OCCO)cc32)cc1C.COc1ccc2c(c1)CCCC2=Nc1ccc2ccccc2c1. The lowest BCUT2D eigenvalue weighted by molar-refractivity contribution is 0.146. The van der Waals surface area contributed by atoms with Gasteiger partial charge in [0, 0.05) is 72.1 Å². The molecule has 5 aliphatic carbocycles. The smallest absolute Gasteiger partial charge is 0.124 e. The largest absolute Gasteiger partial charge is 0.497 e. The highest BCUT2D eigenvalue weighted by molar-refractivity contribution is 6.08. The predicted molar refractivity (Wildman–Crippen MR) is 519 cm³/mol. The summed E-state index contributed by atoms with van der Waals surface area (Å²) >= 11 is 0. The molecule has 12 aromatic carbocycles. The maximum Gasteiger partial charge on any atom is 0.124 e. The van der Waals surface area contributed by atoms with Gasteiger partial charge in [-0.2, -0.15) is 0 Å². The van der Waals surface area contributed by atoms with Gasteiger partial charge in [0.25, 0.3) is 0 Å². The van der Waals surface area contributed by atoms with Gasteiger partial charge in [-0.1, -0.05) is 84.9 Å². The van der Waals surface area contributed by atoms with Gasteiger partial charge < -0.3 is 57.2 Å². The Balaban J connectivity index is 0.000000136. The summed E-state index contributed by atoms with van der Waals surface area (Å²) in [4.78, 5) is 24.9. The molecule has 0 heterocycles. The van der Waals surface area contributed by atoms with Crippen LogP contribution in [0.25, 0.3) is 21.5 Å². The summed E-state index contributed by atoms with van der Waals surface area (Å²) in [5.41, 5.74) is 30.1. The zero-order valence-corrected chi connectivity index (χ0v) is 76.4. The minimum absolute atomic E-state index is 0.0163. The maximum atomic E-state index is 8.95. The lowest BCUT2D eigenvalue weighted by Gasteiger charge is -2.19. The zero-order chi connectivity index (χ0) is 89.0. The lowest BCUT2D eigenvalue weighted by Crippen LogP contribution is -2.12. The first kappa shape index (κ1) is 92.4. The molecule has 0 fully saturated rings. The van der Waals surface area contributed by atoms with Crippen LogP contribution in [0.1, 0.15) is 160 Å². The second-order valence-corrected chi connectivity index (χ2v) is 32.7. The summed E-state index contributed by atoms with van der Waals surface area (Å²) < 4.78 is 59.9. The third-order valence-electron chi connectivity index (χ3n) is 23.5. The minimum Gasteiger partial charge on any atom is -0.497 e. The standard InChI is InChI=1S/C23H29NO3.C23H23NO2.C22H27NO3.C21H25NO3.C21H19NO/c1-16-13-19(14-17(2)23(16)26-4)24-22-8-6-5-7-18-9-10-20(15-21(18)22)27-12-11-25-3;1-25-13-14-26-21-12-10-18-7-4-8-23(22(18)16-21)24-20-11-9-17-5-2-3-6-19(17)15-20;1-15-12-18(13-16(2)22(15)25-4)23-21-7-5-6-17-8-9-19(14-20(17)21)26-11-10-24-3;1-14-11-17(12-15(2)21(14)24-3)22-20-6-4-5-16-7-8-18(13-19(16)20)25-10-9-23;1-23-19-11-12-20-17(14-19)7-4-8-21(20)22-18-10-9-15-5-2-3-6-16(15)13-18/h9-10,13-15H,5-8,11-12H2,1-4H3;2-3,5-6,9-12,15-16H,4,7-8,13-14H2,1H3;8-9,12-14H,5-7,10-11H2,1-4H3;7-8,11-13,23H,4-6,9-10H2,1-3H3;2-3,5-6,9-14H,4,7-8H2,1H3. The number of aliphatic hydroxyl groups is 1. The average molecular weight is 1710 g/mol. The molecule has 0 spiro atoms. The molecule has 0 amide bonds. The molecule has 660 valence electrons. The number of aliphatic imine (C=N–C) groups is 5. The number of aryl methyl sites for hydroxylation is 11. The fraction of sp³-hybridized carbons (Fsp3) is 0.336. The second-order valence-electron chi connectivity index (χ2n) is 32.7. The fourth-order valence-electron chi connectivity index (χ4n) is 17.5. The minimum atomic E-state index is 0.0163. The molecule has 0 saturated carbocycles. The molecule has 0 unspecified atom stereocenters. The van der Waals surface area contributed by atoms with Crippen LogP contribution in [-0.4, -0.2) is 136 Å². The molecule has 1 N–H and O–H groups in total. The normalized spacial score (nSPS) is 15.2. The fourth-order valence-corrected chi connectivity index (χ4v) is 17.5. The van der Waals surface area contributed by atoms with E-state index in [1.807, 2.05) is 44.2 Å². The number of methoxy groups -OCH3 is 7. The van der Waals surface area contributed by atoms with Crippen molar-refractivity contribution in [2.75, 3.05) is 103 Å². The summed E-state index contributed by atoms with van der Waals surface area (Å²) in [6, 6.07) is 73.6. The number of nitrogens with zero attached hydrogens (tertiary/aromatic N) is 5. The summed E-state index contributed by atoms with van der Waals surface area (Å²) in [7, 11) is 11.9. The molecule has 0 saturated heterocycles. The van der Waals surface area contributed by atoms with Crippen molar-refractivity contribution in [3.63, 3.8) is 0 Å². The molecule has 17 nitrogen and oxygen atoms in total. The topological polar surface area (TPSA) is 184 Å². The Kier molecular flexibility index (Phi) is 33.7. The van der Waals surface area contributed by atoms with Crippen LogP contribution in [0, 0.1) is 41.5 Å². The van der Waals surface area contributed by atoms with Gasteiger partial charge in [-0.15, -0.1) is 0 Å². The van der Waals surface area contributed by atoms with Crippen molar-refractivity contribution in [3.8, 4) is 46.0 Å². The molecular weight excluding hydrogens is 1580 g/mol. The van der Waals surface area contributed by atoms with E-state index in [0.29, 0.717) is 46.2 Å². The number of hydrogen-bond donors (Lipinski definition) is 1. The molecule has 127 heavy (non-hydrogen) atoms. The third-order valence-corrected chi connectivity index (χ3v) is 23.5. The molecule has 0 aromatic heterocycles. The van der Waals surface area contributed by atoms with Gasteiger partial charge in [0.15, 0.2) is 0 Å². The molecule has 12 aromatic rings. The molecule has 0 radical (unpaired) electrons. The molecule has 17 heteroatoms. The maximum absolute atomic E-state index is 8.95. The highest BCUT2D eigenvalue weighted by atomic mass is 16.5. The quantitative estimate of drug-likeness (QED) is 0.0447. The van der Waals surface area contributed by atoms with Gasteiger partial charge in [0.2, 0.25) is 0 Å². The van der Waals surface area contributed by atoms with E-state index < -0.39 is 0 Å². The van der Waals surface area contributed by atoms with Crippen molar-refractivity contribution in [2.45, 2.75) is 144 Å². The number of benzene rings is 12. The van der Waals surface area contributed by atoms with E-state index in [9.17, 15) is 0 Å². The van der Waals surface area contributed by atoms with Crippen molar-refractivity contribution in [1.29, 1.82) is 0 Å². The van der Waals surface area contributed by atoms with Crippen molar-refractivity contribution in [1.82, 2.24) is 0 Å². The van der Waals surface area contributed by atoms with Crippen LogP contribution in [-0.2, 0) is 46.3 Å². The van der Waals surface area contributed by atoms with Crippen molar-refractivity contribution in [3.05, 3.63) is 301 Å². The lowest BCUT2D eigenvalue weighted by atomic mass is 9.89. The van der Waals surface area contributed by atoms with Crippen LogP contribution < -0.4 is 37.9 Å². The van der Waals surface area contributed by atoms with E-state index in [1.54, 1.807) is 49.8 Å². The highest BCUT2D eigenvalue weighted by Crippen LogP contribution is 2.39. The Morgan fingerprint density at radius 1 is 0.236 bits per heavy atom. The molecule has 0 atom stereocenters. The Bertz CT molecular complexity index is 5870. The molecule has 5 aliphatic rings. The first-order chi connectivity index (χ1) is 62.0.